The number of sulfone groups is 1. The van der Waals surface area contributed by atoms with Gasteiger partial charge >= 0.3 is 0 Å². The lowest BCUT2D eigenvalue weighted by atomic mass is 10.3. The molecule has 1 fully saturated rings. The van der Waals surface area contributed by atoms with E-state index < -0.39 is 25.9 Å². The molecule has 0 aromatic heterocycles. The molecule has 1 rings (SSSR count). The average Bonchev–Trinajstić information content (AvgIpc) is 2.54. The van der Waals surface area contributed by atoms with Gasteiger partial charge in [-0.3, -0.25) is 0 Å². The first kappa shape index (κ1) is 13.9. The molecule has 1 aliphatic heterocycles. The zero-order valence-electron chi connectivity index (χ0n) is 9.16. The summed E-state index contributed by atoms with van der Waals surface area (Å²) >= 11 is 0. The van der Waals surface area contributed by atoms with Gasteiger partial charge in [-0.25, -0.2) is 21.1 Å². The van der Waals surface area contributed by atoms with Gasteiger partial charge in [0.25, 0.3) is 0 Å². The van der Waals surface area contributed by atoms with Gasteiger partial charge in [0.1, 0.15) is 0 Å². The molecule has 8 heteroatoms. The monoisotopic (exact) mass is 271 g/mol. The van der Waals surface area contributed by atoms with Crippen molar-refractivity contribution in [1.82, 2.24) is 4.31 Å². The van der Waals surface area contributed by atoms with Crippen LogP contribution < -0.4 is 0 Å². The van der Waals surface area contributed by atoms with E-state index in [0.717, 1.165) is 4.31 Å². The summed E-state index contributed by atoms with van der Waals surface area (Å²) in [6.45, 7) is -0.184. The predicted octanol–water partition coefficient (Wildman–Crippen LogP) is -1.18. The normalized spacial score (nSPS) is 25.1. The smallest absolute Gasteiger partial charge is 0.214 e. The lowest BCUT2D eigenvalue weighted by Gasteiger charge is -2.22. The summed E-state index contributed by atoms with van der Waals surface area (Å²) < 4.78 is 47.0. The Morgan fingerprint density at radius 3 is 2.50 bits per heavy atom. The molecule has 1 atom stereocenters. The molecule has 0 aromatic rings. The molecule has 1 aliphatic rings. The minimum atomic E-state index is -3.45. The van der Waals surface area contributed by atoms with Crippen molar-refractivity contribution in [2.45, 2.75) is 18.9 Å². The second-order valence-electron chi connectivity index (χ2n) is 3.97. The molecule has 1 N–H and O–H groups in total. The zero-order valence-corrected chi connectivity index (χ0v) is 10.8. The number of aliphatic hydroxyl groups excluding tert-OH is 1. The Labute approximate surface area is 96.2 Å². The number of aliphatic hydroxyl groups is 1. The first-order valence-electron chi connectivity index (χ1n) is 5.05. The van der Waals surface area contributed by atoms with E-state index in [0.29, 0.717) is 6.42 Å². The van der Waals surface area contributed by atoms with Crippen molar-refractivity contribution in [1.29, 1.82) is 0 Å². The van der Waals surface area contributed by atoms with E-state index in [1.807, 2.05) is 0 Å². The van der Waals surface area contributed by atoms with Crippen LogP contribution in [0.1, 0.15) is 12.8 Å². The van der Waals surface area contributed by atoms with E-state index in [1.54, 1.807) is 0 Å². The number of rotatable bonds is 5. The summed E-state index contributed by atoms with van der Waals surface area (Å²) in [5, 5.41) is 8.58. The van der Waals surface area contributed by atoms with Crippen molar-refractivity contribution in [3.05, 3.63) is 0 Å². The van der Waals surface area contributed by atoms with Crippen LogP contribution in [0.5, 0.6) is 0 Å². The van der Waals surface area contributed by atoms with Gasteiger partial charge in [0.15, 0.2) is 9.84 Å². The Morgan fingerprint density at radius 1 is 1.44 bits per heavy atom. The highest BCUT2D eigenvalue weighted by atomic mass is 32.2. The van der Waals surface area contributed by atoms with Gasteiger partial charge in [0, 0.05) is 19.7 Å². The Balaban J connectivity index is 2.68. The van der Waals surface area contributed by atoms with Crippen LogP contribution in [0.3, 0.4) is 0 Å². The van der Waals surface area contributed by atoms with Gasteiger partial charge in [-0.2, -0.15) is 0 Å². The molecule has 1 heterocycles. The van der Waals surface area contributed by atoms with E-state index in [9.17, 15) is 16.8 Å². The molecule has 96 valence electrons. The molecular weight excluding hydrogens is 254 g/mol. The second-order valence-corrected chi connectivity index (χ2v) is 8.34. The third-order valence-corrected chi connectivity index (χ3v) is 6.45. The summed E-state index contributed by atoms with van der Waals surface area (Å²) in [7, 11) is -5.12. The van der Waals surface area contributed by atoms with Gasteiger partial charge in [-0.1, -0.05) is 0 Å². The fourth-order valence-electron chi connectivity index (χ4n) is 1.68. The molecule has 1 saturated heterocycles. The molecule has 6 nitrogen and oxygen atoms in total. The summed E-state index contributed by atoms with van der Waals surface area (Å²) in [4.78, 5) is 0. The average molecular weight is 271 g/mol. The van der Waals surface area contributed by atoms with Crippen LogP contribution in [0.2, 0.25) is 0 Å². The van der Waals surface area contributed by atoms with Gasteiger partial charge in [0.2, 0.25) is 10.0 Å². The zero-order chi connectivity index (χ0) is 12.4. The lowest BCUT2D eigenvalue weighted by molar-refractivity contribution is 0.293. The topological polar surface area (TPSA) is 91.8 Å². The van der Waals surface area contributed by atoms with Crippen molar-refractivity contribution in [2.24, 2.45) is 0 Å². The minimum Gasteiger partial charge on any atom is -0.396 e. The Hall–Kier alpha value is -0.180. The SMILES string of the molecule is CN(C1CCS(=O)(=O)C1)S(=O)(=O)CCCO. The van der Waals surface area contributed by atoms with E-state index >= 15 is 0 Å². The number of hydrogen-bond acceptors (Lipinski definition) is 5. The van der Waals surface area contributed by atoms with Crippen molar-refractivity contribution in [2.75, 3.05) is 30.9 Å². The maximum absolute atomic E-state index is 11.7. The van der Waals surface area contributed by atoms with E-state index in [-0.39, 0.29) is 30.3 Å². The quantitative estimate of drug-likeness (QED) is 0.679. The molecular formula is C8H17NO5S2. The number of sulfonamides is 1. The predicted molar refractivity (Wildman–Crippen MR) is 60.3 cm³/mol. The van der Waals surface area contributed by atoms with Crippen LogP contribution in [0.15, 0.2) is 0 Å². The Bertz CT molecular complexity index is 427. The second kappa shape index (κ2) is 4.99. The van der Waals surface area contributed by atoms with Crippen LogP contribution in [-0.4, -0.2) is 63.2 Å². The number of hydrogen-bond donors (Lipinski definition) is 1. The van der Waals surface area contributed by atoms with E-state index in [1.165, 1.54) is 7.05 Å². The van der Waals surface area contributed by atoms with Crippen LogP contribution in [-0.2, 0) is 19.9 Å². The fourth-order valence-corrected chi connectivity index (χ4v) is 4.97. The first-order valence-corrected chi connectivity index (χ1v) is 8.48. The maximum atomic E-state index is 11.7. The molecule has 0 saturated carbocycles. The summed E-state index contributed by atoms with van der Waals surface area (Å²) in [5.74, 6) is -0.185. The minimum absolute atomic E-state index is 0.0531. The number of nitrogens with zero attached hydrogens (tertiary/aromatic N) is 1. The molecule has 0 bridgehead atoms. The van der Waals surface area contributed by atoms with Crippen LogP contribution >= 0.6 is 0 Å². The molecule has 16 heavy (non-hydrogen) atoms. The highest BCUT2D eigenvalue weighted by Crippen LogP contribution is 2.19. The van der Waals surface area contributed by atoms with Crippen LogP contribution in [0.4, 0.5) is 0 Å². The van der Waals surface area contributed by atoms with Crippen LogP contribution in [0.25, 0.3) is 0 Å². The lowest BCUT2D eigenvalue weighted by Crippen LogP contribution is -2.39. The Kier molecular flexibility index (Phi) is 4.33. The third kappa shape index (κ3) is 3.41. The molecule has 0 aliphatic carbocycles. The first-order chi connectivity index (χ1) is 7.28. The molecule has 0 aromatic carbocycles. The van der Waals surface area contributed by atoms with Gasteiger partial charge in [-0.15, -0.1) is 0 Å². The van der Waals surface area contributed by atoms with Crippen molar-refractivity contribution < 1.29 is 21.9 Å². The summed E-state index contributed by atoms with van der Waals surface area (Å²) in [5.41, 5.74) is 0. The fraction of sp³-hybridized carbons (Fsp3) is 1.00. The van der Waals surface area contributed by atoms with Gasteiger partial charge in [0.05, 0.1) is 17.3 Å². The molecule has 0 spiro atoms. The standard InChI is InChI=1S/C8H17NO5S2/c1-9(16(13,14)5-2-4-10)8-3-6-15(11,12)7-8/h8,10H,2-7H2,1H3. The van der Waals surface area contributed by atoms with E-state index in [4.69, 9.17) is 5.11 Å². The third-order valence-electron chi connectivity index (χ3n) is 2.72. The molecule has 0 radical (unpaired) electrons. The highest BCUT2D eigenvalue weighted by Gasteiger charge is 2.35. The molecule has 0 amide bonds. The van der Waals surface area contributed by atoms with Crippen molar-refractivity contribution in [3.8, 4) is 0 Å². The van der Waals surface area contributed by atoms with Gasteiger partial charge < -0.3 is 5.11 Å². The highest BCUT2D eigenvalue weighted by molar-refractivity contribution is 7.92. The van der Waals surface area contributed by atoms with Gasteiger partial charge in [-0.05, 0) is 12.8 Å². The Morgan fingerprint density at radius 2 is 2.06 bits per heavy atom. The molecule has 1 unspecified atom stereocenters. The van der Waals surface area contributed by atoms with Crippen molar-refractivity contribution in [3.63, 3.8) is 0 Å². The van der Waals surface area contributed by atoms with Crippen LogP contribution in [0, 0.1) is 0 Å². The largest absolute Gasteiger partial charge is 0.396 e. The summed E-state index contributed by atoms with van der Waals surface area (Å²) in [6.07, 6.45) is 0.531. The van der Waals surface area contributed by atoms with E-state index in [2.05, 4.69) is 0 Å². The maximum Gasteiger partial charge on any atom is 0.214 e. The summed E-state index contributed by atoms with van der Waals surface area (Å²) in [6, 6.07) is -0.450. The van der Waals surface area contributed by atoms with Crippen molar-refractivity contribution >= 4 is 19.9 Å².